The van der Waals surface area contributed by atoms with E-state index in [4.69, 9.17) is 16.3 Å². The summed E-state index contributed by atoms with van der Waals surface area (Å²) in [6.45, 7) is 4.95. The molecule has 0 aliphatic carbocycles. The molecule has 8 heteroatoms. The van der Waals surface area contributed by atoms with Gasteiger partial charge >= 0.3 is 6.09 Å². The number of halogens is 1. The summed E-state index contributed by atoms with van der Waals surface area (Å²) in [6.07, 6.45) is -0.676. The van der Waals surface area contributed by atoms with E-state index in [0.717, 1.165) is 0 Å². The largest absolute Gasteiger partial charge is 0.444 e. The molecule has 3 N–H and O–H groups in total. The van der Waals surface area contributed by atoms with Crippen LogP contribution in [0.1, 0.15) is 31.1 Å². The van der Waals surface area contributed by atoms with Crippen molar-refractivity contribution in [3.05, 3.63) is 59.1 Å². The Morgan fingerprint density at radius 2 is 1.61 bits per heavy atom. The molecule has 0 aliphatic heterocycles. The lowest BCUT2D eigenvalue weighted by molar-refractivity contribution is -0.115. The molecule has 2 aromatic carbocycles. The van der Waals surface area contributed by atoms with E-state index < -0.39 is 17.6 Å². The van der Waals surface area contributed by atoms with Crippen LogP contribution in [0.3, 0.4) is 0 Å². The number of carbonyl (C=O) groups excluding carboxylic acids is 3. The molecule has 0 fully saturated rings. The fourth-order valence-corrected chi connectivity index (χ4v) is 2.37. The van der Waals surface area contributed by atoms with E-state index in [1.54, 1.807) is 69.3 Å². The lowest BCUT2D eigenvalue weighted by Crippen LogP contribution is -2.37. The molecule has 0 aliphatic rings. The molecule has 0 saturated heterocycles. The highest BCUT2D eigenvalue weighted by molar-refractivity contribution is 6.31. The first-order valence-electron chi connectivity index (χ1n) is 8.56. The van der Waals surface area contributed by atoms with Crippen LogP contribution in [-0.4, -0.2) is 30.1 Å². The first-order chi connectivity index (χ1) is 13.1. The molecule has 0 bridgehead atoms. The smallest absolute Gasteiger partial charge is 0.408 e. The highest BCUT2D eigenvalue weighted by Crippen LogP contribution is 2.17. The van der Waals surface area contributed by atoms with Gasteiger partial charge in [0.15, 0.2) is 0 Å². The second kappa shape index (κ2) is 9.23. The highest BCUT2D eigenvalue weighted by Gasteiger charge is 2.16. The van der Waals surface area contributed by atoms with Gasteiger partial charge in [-0.3, -0.25) is 9.59 Å². The molecule has 2 rings (SSSR count). The number of nitrogens with one attached hydrogen (secondary N) is 3. The summed E-state index contributed by atoms with van der Waals surface area (Å²) in [5.74, 6) is -0.748. The molecule has 0 saturated carbocycles. The highest BCUT2D eigenvalue weighted by atomic mass is 35.5. The topological polar surface area (TPSA) is 96.5 Å². The SMILES string of the molecule is CC(C)(C)OC(=O)NCC(=O)Nc1cccc(NC(=O)c2cccc(Cl)c2)c1. The molecule has 0 unspecified atom stereocenters. The second-order valence-corrected chi connectivity index (χ2v) is 7.39. The van der Waals surface area contributed by atoms with Crippen LogP contribution < -0.4 is 16.0 Å². The number of hydrogen-bond acceptors (Lipinski definition) is 4. The molecule has 148 valence electrons. The van der Waals surface area contributed by atoms with Gasteiger partial charge in [0.1, 0.15) is 12.1 Å². The van der Waals surface area contributed by atoms with Crippen LogP contribution in [0.4, 0.5) is 16.2 Å². The molecular weight excluding hydrogens is 382 g/mol. The van der Waals surface area contributed by atoms with Crippen molar-refractivity contribution in [2.45, 2.75) is 26.4 Å². The van der Waals surface area contributed by atoms with Gasteiger partial charge in [-0.25, -0.2) is 4.79 Å². The number of alkyl carbamates (subject to hydrolysis) is 1. The number of hydrogen-bond donors (Lipinski definition) is 3. The number of carbonyl (C=O) groups is 3. The minimum absolute atomic E-state index is 0.242. The summed E-state index contributed by atoms with van der Waals surface area (Å²) < 4.78 is 5.06. The molecular formula is C20H22ClN3O4. The van der Waals surface area contributed by atoms with Crippen molar-refractivity contribution >= 4 is 40.9 Å². The normalized spacial score (nSPS) is 10.7. The Kier molecular flexibility index (Phi) is 7.00. The fourth-order valence-electron chi connectivity index (χ4n) is 2.18. The van der Waals surface area contributed by atoms with Gasteiger partial charge in [-0.15, -0.1) is 0 Å². The first kappa shape index (κ1) is 21.2. The van der Waals surface area contributed by atoms with E-state index in [1.165, 1.54) is 0 Å². The fraction of sp³-hybridized carbons (Fsp3) is 0.250. The number of rotatable bonds is 5. The lowest BCUT2D eigenvalue weighted by Gasteiger charge is -2.19. The molecule has 3 amide bonds. The Morgan fingerprint density at radius 3 is 2.25 bits per heavy atom. The van der Waals surface area contributed by atoms with Gasteiger partial charge < -0.3 is 20.7 Å². The van der Waals surface area contributed by atoms with E-state index in [9.17, 15) is 14.4 Å². The number of amides is 3. The quantitative estimate of drug-likeness (QED) is 0.701. The van der Waals surface area contributed by atoms with E-state index in [0.29, 0.717) is 22.0 Å². The Labute approximate surface area is 168 Å². The summed E-state index contributed by atoms with van der Waals surface area (Å²) >= 11 is 5.90. The average molecular weight is 404 g/mol. The monoisotopic (exact) mass is 403 g/mol. The zero-order valence-electron chi connectivity index (χ0n) is 15.8. The van der Waals surface area contributed by atoms with Crippen molar-refractivity contribution in [2.24, 2.45) is 0 Å². The summed E-state index contributed by atoms with van der Waals surface area (Å²) in [6, 6.07) is 13.2. The van der Waals surface area contributed by atoms with Crippen LogP contribution in [0.2, 0.25) is 5.02 Å². The molecule has 0 aromatic heterocycles. The van der Waals surface area contributed by atoms with Gasteiger partial charge in [0.2, 0.25) is 5.91 Å². The summed E-state index contributed by atoms with van der Waals surface area (Å²) in [5, 5.41) is 8.22. The second-order valence-electron chi connectivity index (χ2n) is 6.95. The number of anilines is 2. The molecule has 0 heterocycles. The predicted molar refractivity (Wildman–Crippen MR) is 109 cm³/mol. The van der Waals surface area contributed by atoms with Gasteiger partial charge in [0.05, 0.1) is 0 Å². The third-order valence-corrected chi connectivity index (χ3v) is 3.52. The van der Waals surface area contributed by atoms with Crippen LogP contribution in [0.25, 0.3) is 0 Å². The molecule has 0 spiro atoms. The van der Waals surface area contributed by atoms with Gasteiger partial charge in [-0.05, 0) is 57.2 Å². The Morgan fingerprint density at radius 1 is 0.964 bits per heavy atom. The minimum atomic E-state index is -0.676. The van der Waals surface area contributed by atoms with Crippen LogP contribution >= 0.6 is 11.6 Å². The van der Waals surface area contributed by atoms with Crippen LogP contribution in [0, 0.1) is 0 Å². The number of benzene rings is 2. The standard InChI is InChI=1S/C20H22ClN3O4/c1-20(2,3)28-19(27)22-12-17(25)23-15-8-5-9-16(11-15)24-18(26)13-6-4-7-14(21)10-13/h4-11H,12H2,1-3H3,(H,22,27)(H,23,25)(H,24,26). The van der Waals surface area contributed by atoms with E-state index in [1.807, 2.05) is 0 Å². The van der Waals surface area contributed by atoms with Gasteiger partial charge in [0, 0.05) is 22.0 Å². The average Bonchev–Trinajstić information content (AvgIpc) is 2.59. The van der Waals surface area contributed by atoms with E-state index in [-0.39, 0.29) is 12.5 Å². The van der Waals surface area contributed by atoms with Gasteiger partial charge in [-0.2, -0.15) is 0 Å². The predicted octanol–water partition coefficient (Wildman–Crippen LogP) is 4.06. The Bertz CT molecular complexity index is 878. The maximum Gasteiger partial charge on any atom is 0.408 e. The Hall–Kier alpha value is -3.06. The van der Waals surface area contributed by atoms with Crippen molar-refractivity contribution in [2.75, 3.05) is 17.2 Å². The molecule has 7 nitrogen and oxygen atoms in total. The van der Waals surface area contributed by atoms with Crippen molar-refractivity contribution < 1.29 is 19.1 Å². The zero-order valence-corrected chi connectivity index (χ0v) is 16.6. The summed E-state index contributed by atoms with van der Waals surface area (Å²) in [7, 11) is 0. The van der Waals surface area contributed by atoms with Crippen LogP contribution in [-0.2, 0) is 9.53 Å². The molecule has 28 heavy (non-hydrogen) atoms. The van der Waals surface area contributed by atoms with Crippen LogP contribution in [0.5, 0.6) is 0 Å². The third kappa shape index (κ3) is 7.28. The molecule has 2 aromatic rings. The molecule has 0 atom stereocenters. The van der Waals surface area contributed by atoms with E-state index in [2.05, 4.69) is 16.0 Å². The minimum Gasteiger partial charge on any atom is -0.444 e. The number of ether oxygens (including phenoxy) is 1. The van der Waals surface area contributed by atoms with Gasteiger partial charge in [-0.1, -0.05) is 23.7 Å². The van der Waals surface area contributed by atoms with Gasteiger partial charge in [0.25, 0.3) is 5.91 Å². The maximum atomic E-state index is 12.3. The Balaban J connectivity index is 1.91. The third-order valence-electron chi connectivity index (χ3n) is 3.28. The van der Waals surface area contributed by atoms with E-state index >= 15 is 0 Å². The zero-order chi connectivity index (χ0) is 20.7. The lowest BCUT2D eigenvalue weighted by atomic mass is 10.2. The summed E-state index contributed by atoms with van der Waals surface area (Å²) in [4.78, 5) is 35.8. The summed E-state index contributed by atoms with van der Waals surface area (Å²) in [5.41, 5.74) is 0.752. The molecule has 0 radical (unpaired) electrons. The first-order valence-corrected chi connectivity index (χ1v) is 8.94. The van der Waals surface area contributed by atoms with Crippen LogP contribution in [0.15, 0.2) is 48.5 Å². The van der Waals surface area contributed by atoms with Crippen molar-refractivity contribution in [3.63, 3.8) is 0 Å². The van der Waals surface area contributed by atoms with Crippen molar-refractivity contribution in [1.82, 2.24) is 5.32 Å². The maximum absolute atomic E-state index is 12.3. The van der Waals surface area contributed by atoms with Crippen molar-refractivity contribution in [3.8, 4) is 0 Å². The van der Waals surface area contributed by atoms with Crippen molar-refractivity contribution in [1.29, 1.82) is 0 Å².